The van der Waals surface area contributed by atoms with Crippen molar-refractivity contribution in [3.05, 3.63) is 34.6 Å². The van der Waals surface area contributed by atoms with E-state index in [1.165, 1.54) is 6.07 Å². The molecule has 0 bridgehead atoms. The van der Waals surface area contributed by atoms with Crippen LogP contribution in [-0.4, -0.2) is 6.54 Å². The maximum absolute atomic E-state index is 13.2. The molecule has 0 aliphatic carbocycles. The Bertz CT molecular complexity index is 379. The summed E-state index contributed by atoms with van der Waals surface area (Å²) in [4.78, 5) is 0. The van der Waals surface area contributed by atoms with Crippen molar-refractivity contribution in [3.63, 3.8) is 0 Å². The molecule has 2 N–H and O–H groups in total. The molecule has 1 aromatic carbocycles. The highest BCUT2D eigenvalue weighted by Crippen LogP contribution is 2.13. The van der Waals surface area contributed by atoms with Crippen molar-refractivity contribution in [2.75, 3.05) is 6.54 Å². The van der Waals surface area contributed by atoms with E-state index < -0.39 is 0 Å². The van der Waals surface area contributed by atoms with Crippen LogP contribution in [-0.2, 0) is 0 Å². The lowest BCUT2D eigenvalue weighted by molar-refractivity contribution is 0.624. The molecule has 0 amide bonds. The Morgan fingerprint density at radius 2 is 2.13 bits per heavy atom. The summed E-state index contributed by atoms with van der Waals surface area (Å²) in [6.07, 6.45) is 2.66. The third-order valence-electron chi connectivity index (χ3n) is 1.91. The Balaban J connectivity index is 2.56. The van der Waals surface area contributed by atoms with E-state index in [2.05, 4.69) is 11.8 Å². The van der Waals surface area contributed by atoms with Gasteiger partial charge < -0.3 is 5.73 Å². The Hall–Kier alpha value is -1.04. The summed E-state index contributed by atoms with van der Waals surface area (Å²) < 4.78 is 13.2. The second kappa shape index (κ2) is 6.44. The molecule has 0 aliphatic rings. The van der Waals surface area contributed by atoms with Crippen LogP contribution in [0, 0.1) is 17.7 Å². The minimum atomic E-state index is -0.367. The zero-order valence-corrected chi connectivity index (χ0v) is 9.15. The van der Waals surface area contributed by atoms with E-state index in [0.29, 0.717) is 17.1 Å². The molecular formula is C12H13ClFN. The Labute approximate surface area is 94.4 Å². The number of benzene rings is 1. The van der Waals surface area contributed by atoms with Crippen molar-refractivity contribution in [3.8, 4) is 11.8 Å². The lowest BCUT2D eigenvalue weighted by atomic mass is 10.2. The third-order valence-corrected chi connectivity index (χ3v) is 2.15. The van der Waals surface area contributed by atoms with Gasteiger partial charge in [0.1, 0.15) is 5.82 Å². The summed E-state index contributed by atoms with van der Waals surface area (Å²) in [6, 6.07) is 4.49. The molecule has 0 aliphatic heterocycles. The van der Waals surface area contributed by atoms with Crippen LogP contribution in [0.3, 0.4) is 0 Å². The second-order valence-electron chi connectivity index (χ2n) is 3.17. The predicted molar refractivity (Wildman–Crippen MR) is 61.2 cm³/mol. The van der Waals surface area contributed by atoms with Crippen molar-refractivity contribution >= 4 is 11.6 Å². The van der Waals surface area contributed by atoms with Gasteiger partial charge in [0.2, 0.25) is 0 Å². The molecule has 0 fully saturated rings. The van der Waals surface area contributed by atoms with Crippen LogP contribution in [0.15, 0.2) is 18.2 Å². The first-order valence-corrected chi connectivity index (χ1v) is 5.26. The average molecular weight is 226 g/mol. The number of rotatable bonds is 3. The number of hydrogen-bond donors (Lipinski definition) is 1. The number of nitrogens with two attached hydrogens (primary N) is 1. The van der Waals surface area contributed by atoms with Gasteiger partial charge in [0.25, 0.3) is 0 Å². The molecule has 0 saturated heterocycles. The first-order chi connectivity index (χ1) is 7.24. The molecule has 3 heteroatoms. The SMILES string of the molecule is NCCCCC#Cc1ccc(Cl)cc1F. The van der Waals surface area contributed by atoms with Gasteiger partial charge >= 0.3 is 0 Å². The van der Waals surface area contributed by atoms with Crippen molar-refractivity contribution < 1.29 is 4.39 Å². The molecule has 15 heavy (non-hydrogen) atoms. The quantitative estimate of drug-likeness (QED) is 0.621. The summed E-state index contributed by atoms with van der Waals surface area (Å²) in [5.41, 5.74) is 5.74. The Morgan fingerprint density at radius 3 is 2.80 bits per heavy atom. The maximum Gasteiger partial charge on any atom is 0.140 e. The van der Waals surface area contributed by atoms with Crippen LogP contribution in [0.2, 0.25) is 5.02 Å². The lowest BCUT2D eigenvalue weighted by Gasteiger charge is -1.94. The molecule has 0 atom stereocenters. The van der Waals surface area contributed by atoms with E-state index in [0.717, 1.165) is 19.3 Å². The Kier molecular flexibility index (Phi) is 5.17. The van der Waals surface area contributed by atoms with Gasteiger partial charge in [-0.15, -0.1) is 0 Å². The van der Waals surface area contributed by atoms with Crippen LogP contribution >= 0.6 is 11.6 Å². The van der Waals surface area contributed by atoms with Crippen molar-refractivity contribution in [2.24, 2.45) is 5.73 Å². The molecule has 0 spiro atoms. The van der Waals surface area contributed by atoms with Crippen LogP contribution in [0.5, 0.6) is 0 Å². The van der Waals surface area contributed by atoms with Crippen LogP contribution < -0.4 is 5.73 Å². The van der Waals surface area contributed by atoms with E-state index in [1.807, 2.05) is 0 Å². The smallest absolute Gasteiger partial charge is 0.140 e. The van der Waals surface area contributed by atoms with E-state index in [4.69, 9.17) is 17.3 Å². The fourth-order valence-electron chi connectivity index (χ4n) is 1.11. The van der Waals surface area contributed by atoms with Crippen molar-refractivity contribution in [1.29, 1.82) is 0 Å². The largest absolute Gasteiger partial charge is 0.330 e. The van der Waals surface area contributed by atoms with Crippen LogP contribution in [0.25, 0.3) is 0 Å². The Morgan fingerprint density at radius 1 is 1.33 bits per heavy atom. The van der Waals surface area contributed by atoms with E-state index in [-0.39, 0.29) is 5.82 Å². The van der Waals surface area contributed by atoms with Gasteiger partial charge in [-0.05, 0) is 37.6 Å². The first-order valence-electron chi connectivity index (χ1n) is 4.88. The molecular weight excluding hydrogens is 213 g/mol. The highest BCUT2D eigenvalue weighted by molar-refractivity contribution is 6.30. The molecule has 1 aromatic rings. The molecule has 0 saturated carbocycles. The number of hydrogen-bond acceptors (Lipinski definition) is 1. The zero-order chi connectivity index (χ0) is 11.1. The monoisotopic (exact) mass is 225 g/mol. The topological polar surface area (TPSA) is 26.0 Å². The van der Waals surface area contributed by atoms with Crippen molar-refractivity contribution in [2.45, 2.75) is 19.3 Å². The predicted octanol–water partition coefficient (Wildman–Crippen LogP) is 2.96. The minimum absolute atomic E-state index is 0.367. The van der Waals surface area contributed by atoms with Gasteiger partial charge in [-0.2, -0.15) is 0 Å². The summed E-state index contributed by atoms with van der Waals surface area (Å²) in [5, 5.41) is 0.390. The van der Waals surface area contributed by atoms with Gasteiger partial charge in [0.15, 0.2) is 0 Å². The minimum Gasteiger partial charge on any atom is -0.330 e. The molecule has 0 radical (unpaired) electrons. The molecule has 1 nitrogen and oxygen atoms in total. The molecule has 0 unspecified atom stereocenters. The maximum atomic E-state index is 13.2. The molecule has 80 valence electrons. The molecule has 1 rings (SSSR count). The van der Waals surface area contributed by atoms with Crippen LogP contribution in [0.4, 0.5) is 4.39 Å². The highest BCUT2D eigenvalue weighted by Gasteiger charge is 1.98. The number of halogens is 2. The fourth-order valence-corrected chi connectivity index (χ4v) is 1.27. The van der Waals surface area contributed by atoms with E-state index >= 15 is 0 Å². The summed E-state index contributed by atoms with van der Waals surface area (Å²) in [5.74, 6) is 5.32. The van der Waals surface area contributed by atoms with Gasteiger partial charge in [-0.25, -0.2) is 4.39 Å². The van der Waals surface area contributed by atoms with Gasteiger partial charge in [0.05, 0.1) is 5.56 Å². The lowest BCUT2D eigenvalue weighted by Crippen LogP contribution is -1.96. The van der Waals surface area contributed by atoms with E-state index in [9.17, 15) is 4.39 Å². The summed E-state index contributed by atoms with van der Waals surface area (Å²) in [6.45, 7) is 0.678. The second-order valence-corrected chi connectivity index (χ2v) is 3.61. The fraction of sp³-hybridized carbons (Fsp3) is 0.333. The average Bonchev–Trinajstić information content (AvgIpc) is 2.20. The zero-order valence-electron chi connectivity index (χ0n) is 8.39. The first kappa shape index (κ1) is 12.0. The van der Waals surface area contributed by atoms with Gasteiger partial charge in [-0.3, -0.25) is 0 Å². The molecule has 0 aromatic heterocycles. The summed E-state index contributed by atoms with van der Waals surface area (Å²) >= 11 is 5.62. The normalized spacial score (nSPS) is 9.53. The van der Waals surface area contributed by atoms with Crippen molar-refractivity contribution in [1.82, 2.24) is 0 Å². The van der Waals surface area contributed by atoms with Crippen LogP contribution in [0.1, 0.15) is 24.8 Å². The standard InChI is InChI=1S/C12H13ClFN/c13-11-7-6-10(12(14)9-11)5-3-1-2-4-8-15/h6-7,9H,1-2,4,8,15H2. The number of unbranched alkanes of at least 4 members (excludes halogenated alkanes) is 2. The summed E-state index contributed by atoms with van der Waals surface area (Å²) in [7, 11) is 0. The third kappa shape index (κ3) is 4.33. The van der Waals surface area contributed by atoms with Gasteiger partial charge in [0, 0.05) is 11.4 Å². The van der Waals surface area contributed by atoms with E-state index in [1.54, 1.807) is 12.1 Å². The highest BCUT2D eigenvalue weighted by atomic mass is 35.5. The molecule has 0 heterocycles. The van der Waals surface area contributed by atoms with Gasteiger partial charge in [-0.1, -0.05) is 23.4 Å².